The zero-order chi connectivity index (χ0) is 27.7. The van der Waals surface area contributed by atoms with Crippen LogP contribution in [0.3, 0.4) is 0 Å². The maximum atomic E-state index is 13.0. The second-order valence-electron chi connectivity index (χ2n) is 11.6. The van der Waals surface area contributed by atoms with Crippen molar-refractivity contribution in [3.8, 4) is 11.1 Å². The fraction of sp³-hybridized carbons (Fsp3) is 0.344. The summed E-state index contributed by atoms with van der Waals surface area (Å²) >= 11 is 0. The Morgan fingerprint density at radius 3 is 2.46 bits per heavy atom. The van der Waals surface area contributed by atoms with Crippen molar-refractivity contribution in [2.75, 3.05) is 6.54 Å². The van der Waals surface area contributed by atoms with Gasteiger partial charge < -0.3 is 21.3 Å². The normalized spacial score (nSPS) is 18.2. The van der Waals surface area contributed by atoms with Gasteiger partial charge in [0, 0.05) is 36.7 Å². The van der Waals surface area contributed by atoms with Gasteiger partial charge >= 0.3 is 6.03 Å². The second-order valence-corrected chi connectivity index (χ2v) is 11.6. The SMILES string of the molecule is CC(C)(C)NC(=O)N1CCc2c(-c3cccc(C(N)=O)c3)ccc(CNC(=O)[C@H]3C[C@@H]3c3ccccc3)c2C1. The van der Waals surface area contributed by atoms with Crippen LogP contribution >= 0.6 is 0 Å². The van der Waals surface area contributed by atoms with E-state index in [0.29, 0.717) is 31.6 Å². The average molecular weight is 525 g/mol. The first-order chi connectivity index (χ1) is 18.6. The maximum Gasteiger partial charge on any atom is 0.318 e. The summed E-state index contributed by atoms with van der Waals surface area (Å²) in [6, 6.07) is 21.5. The number of fused-ring (bicyclic) bond motifs is 1. The number of carbonyl (C=O) groups excluding carboxylic acids is 3. The van der Waals surface area contributed by atoms with Crippen LogP contribution in [0.2, 0.25) is 0 Å². The number of rotatable bonds is 6. The summed E-state index contributed by atoms with van der Waals surface area (Å²) < 4.78 is 0. The molecule has 4 amide bonds. The van der Waals surface area contributed by atoms with Crippen molar-refractivity contribution in [3.63, 3.8) is 0 Å². The molecule has 1 fully saturated rings. The highest BCUT2D eigenvalue weighted by Crippen LogP contribution is 2.47. The predicted octanol–water partition coefficient (Wildman–Crippen LogP) is 4.74. The summed E-state index contributed by atoms with van der Waals surface area (Å²) in [5.41, 5.74) is 12.0. The number of hydrogen-bond donors (Lipinski definition) is 3. The Morgan fingerprint density at radius 1 is 0.974 bits per heavy atom. The van der Waals surface area contributed by atoms with E-state index < -0.39 is 5.91 Å². The lowest BCUT2D eigenvalue weighted by Gasteiger charge is -2.34. The molecule has 0 unspecified atom stereocenters. The third-order valence-corrected chi connectivity index (χ3v) is 7.54. The molecular formula is C32H36N4O3. The molecule has 1 saturated carbocycles. The van der Waals surface area contributed by atoms with Crippen molar-refractivity contribution < 1.29 is 14.4 Å². The first-order valence-corrected chi connectivity index (χ1v) is 13.5. The monoisotopic (exact) mass is 524 g/mol. The van der Waals surface area contributed by atoms with Crippen molar-refractivity contribution in [1.82, 2.24) is 15.5 Å². The highest BCUT2D eigenvalue weighted by atomic mass is 16.2. The van der Waals surface area contributed by atoms with Crippen LogP contribution in [0.15, 0.2) is 66.7 Å². The molecule has 1 aliphatic carbocycles. The van der Waals surface area contributed by atoms with Gasteiger partial charge in [-0.1, -0.05) is 54.6 Å². The fourth-order valence-corrected chi connectivity index (χ4v) is 5.46. The van der Waals surface area contributed by atoms with Crippen LogP contribution in [0, 0.1) is 5.92 Å². The zero-order valence-electron chi connectivity index (χ0n) is 22.8. The van der Waals surface area contributed by atoms with Crippen molar-refractivity contribution in [1.29, 1.82) is 0 Å². The Morgan fingerprint density at radius 2 is 1.74 bits per heavy atom. The summed E-state index contributed by atoms with van der Waals surface area (Å²) in [6.45, 7) is 7.32. The highest BCUT2D eigenvalue weighted by Gasteiger charge is 2.43. The molecule has 7 nitrogen and oxygen atoms in total. The van der Waals surface area contributed by atoms with E-state index in [2.05, 4.69) is 28.8 Å². The quantitative estimate of drug-likeness (QED) is 0.434. The molecule has 3 aromatic rings. The van der Waals surface area contributed by atoms with E-state index in [1.165, 1.54) is 5.56 Å². The van der Waals surface area contributed by atoms with Crippen LogP contribution in [-0.2, 0) is 24.3 Å². The van der Waals surface area contributed by atoms with Gasteiger partial charge in [-0.25, -0.2) is 4.79 Å². The Labute approximate surface area is 229 Å². The molecule has 1 heterocycles. The van der Waals surface area contributed by atoms with Crippen molar-refractivity contribution >= 4 is 17.8 Å². The molecule has 202 valence electrons. The van der Waals surface area contributed by atoms with Crippen molar-refractivity contribution in [3.05, 3.63) is 94.5 Å². The Kier molecular flexibility index (Phi) is 7.17. The van der Waals surface area contributed by atoms with Gasteiger partial charge in [-0.05, 0) is 85.0 Å². The average Bonchev–Trinajstić information content (AvgIpc) is 3.72. The van der Waals surface area contributed by atoms with Gasteiger partial charge in [-0.3, -0.25) is 9.59 Å². The molecule has 3 aromatic carbocycles. The highest BCUT2D eigenvalue weighted by molar-refractivity contribution is 5.94. The van der Waals surface area contributed by atoms with Gasteiger partial charge in [0.15, 0.2) is 0 Å². The number of nitrogens with zero attached hydrogens (tertiary/aromatic N) is 1. The number of nitrogens with two attached hydrogens (primary N) is 1. The molecule has 2 atom stereocenters. The van der Waals surface area contributed by atoms with Gasteiger partial charge in [0.05, 0.1) is 0 Å². The number of nitrogens with one attached hydrogen (secondary N) is 2. The van der Waals surface area contributed by atoms with Crippen LogP contribution in [0.1, 0.15) is 65.7 Å². The summed E-state index contributed by atoms with van der Waals surface area (Å²) in [6.07, 6.45) is 1.54. The molecule has 1 aliphatic heterocycles. The lowest BCUT2D eigenvalue weighted by atomic mass is 9.87. The minimum absolute atomic E-state index is 0.00639. The topological polar surface area (TPSA) is 105 Å². The van der Waals surface area contributed by atoms with E-state index >= 15 is 0 Å². The molecule has 0 saturated heterocycles. The van der Waals surface area contributed by atoms with E-state index in [9.17, 15) is 14.4 Å². The Balaban J connectivity index is 1.40. The van der Waals surface area contributed by atoms with Gasteiger partial charge in [-0.15, -0.1) is 0 Å². The maximum absolute atomic E-state index is 13.0. The van der Waals surface area contributed by atoms with Gasteiger partial charge in [-0.2, -0.15) is 0 Å². The number of benzene rings is 3. The Bertz CT molecular complexity index is 1410. The number of urea groups is 1. The molecule has 4 N–H and O–H groups in total. The largest absolute Gasteiger partial charge is 0.366 e. The van der Waals surface area contributed by atoms with E-state index in [4.69, 9.17) is 5.73 Å². The van der Waals surface area contributed by atoms with Crippen LogP contribution < -0.4 is 16.4 Å². The Hall–Kier alpha value is -4.13. The number of amides is 4. The van der Waals surface area contributed by atoms with Gasteiger partial charge in [0.25, 0.3) is 0 Å². The molecule has 5 rings (SSSR count). The molecule has 39 heavy (non-hydrogen) atoms. The third-order valence-electron chi connectivity index (χ3n) is 7.54. The summed E-state index contributed by atoms with van der Waals surface area (Å²) in [5, 5.41) is 6.22. The standard InChI is InChI=1S/C32H36N4O3/c1-32(2,3)35-31(39)36-15-14-25-24(21-10-7-11-22(16-21)29(33)37)13-12-23(28(25)19-36)18-34-30(38)27-17-26(27)20-8-5-4-6-9-20/h4-13,16,26-27H,14-15,17-19H2,1-3H3,(H2,33,37)(H,34,38)(H,35,39)/t26-,27+/m1/s1. The molecule has 0 radical (unpaired) electrons. The minimum Gasteiger partial charge on any atom is -0.366 e. The van der Waals surface area contributed by atoms with Crippen LogP contribution in [0.25, 0.3) is 11.1 Å². The van der Waals surface area contributed by atoms with Crippen LogP contribution in [0.5, 0.6) is 0 Å². The number of carbonyl (C=O) groups is 3. The summed E-state index contributed by atoms with van der Waals surface area (Å²) in [5.74, 6) is -0.136. The van der Waals surface area contributed by atoms with Crippen molar-refractivity contribution in [2.45, 2.75) is 58.2 Å². The molecule has 7 heteroatoms. The van der Waals surface area contributed by atoms with Crippen LogP contribution in [-0.4, -0.2) is 34.8 Å². The zero-order valence-corrected chi connectivity index (χ0v) is 22.8. The molecular weight excluding hydrogens is 488 g/mol. The van der Waals surface area contributed by atoms with E-state index in [1.807, 2.05) is 68.1 Å². The van der Waals surface area contributed by atoms with Gasteiger partial charge in [0.2, 0.25) is 11.8 Å². The molecule has 0 bridgehead atoms. The van der Waals surface area contributed by atoms with Crippen LogP contribution in [0.4, 0.5) is 4.79 Å². The number of primary amides is 1. The second kappa shape index (κ2) is 10.6. The number of hydrogen-bond acceptors (Lipinski definition) is 3. The molecule has 2 aliphatic rings. The van der Waals surface area contributed by atoms with Gasteiger partial charge in [0.1, 0.15) is 0 Å². The molecule has 0 spiro atoms. The lowest BCUT2D eigenvalue weighted by Crippen LogP contribution is -2.50. The minimum atomic E-state index is -0.469. The first-order valence-electron chi connectivity index (χ1n) is 13.5. The third kappa shape index (κ3) is 5.98. The predicted molar refractivity (Wildman–Crippen MR) is 152 cm³/mol. The smallest absolute Gasteiger partial charge is 0.318 e. The van der Waals surface area contributed by atoms with E-state index in [-0.39, 0.29) is 29.3 Å². The van der Waals surface area contributed by atoms with E-state index in [1.54, 1.807) is 6.07 Å². The summed E-state index contributed by atoms with van der Waals surface area (Å²) in [7, 11) is 0. The first kappa shape index (κ1) is 26.5. The fourth-order valence-electron chi connectivity index (χ4n) is 5.46. The lowest BCUT2D eigenvalue weighted by molar-refractivity contribution is -0.122. The summed E-state index contributed by atoms with van der Waals surface area (Å²) in [4.78, 5) is 39.7. The molecule has 0 aromatic heterocycles. The van der Waals surface area contributed by atoms with Crippen molar-refractivity contribution in [2.24, 2.45) is 11.7 Å². The van der Waals surface area contributed by atoms with E-state index in [0.717, 1.165) is 34.2 Å².